The molecule has 0 radical (unpaired) electrons. The zero-order valence-corrected chi connectivity index (χ0v) is 9.67. The van der Waals surface area contributed by atoms with Crippen LogP contribution in [0.3, 0.4) is 0 Å². The van der Waals surface area contributed by atoms with E-state index in [1.165, 1.54) is 0 Å². The normalized spacial score (nSPS) is 10.8. The van der Waals surface area contributed by atoms with Crippen LogP contribution in [0, 0.1) is 6.92 Å². The summed E-state index contributed by atoms with van der Waals surface area (Å²) >= 11 is 6.10. The molecule has 0 spiro atoms. The van der Waals surface area contributed by atoms with Crippen LogP contribution in [0.2, 0.25) is 5.02 Å². The molecule has 0 aliphatic rings. The van der Waals surface area contributed by atoms with Gasteiger partial charge in [-0.15, -0.1) is 12.4 Å². The Kier molecular flexibility index (Phi) is 4.24. The number of rotatable bonds is 1. The van der Waals surface area contributed by atoms with Crippen molar-refractivity contribution in [3.8, 4) is 0 Å². The molecule has 74 valence electrons. The lowest BCUT2D eigenvalue weighted by Crippen LogP contribution is -2.29. The van der Waals surface area contributed by atoms with Crippen LogP contribution in [-0.2, 0) is 5.54 Å². The van der Waals surface area contributed by atoms with Gasteiger partial charge in [-0.2, -0.15) is 0 Å². The maximum atomic E-state index is 6.10. The van der Waals surface area contributed by atoms with E-state index in [0.717, 1.165) is 16.1 Å². The highest BCUT2D eigenvalue weighted by Gasteiger charge is 2.17. The summed E-state index contributed by atoms with van der Waals surface area (Å²) in [5.74, 6) is 0. The van der Waals surface area contributed by atoms with Gasteiger partial charge in [0.05, 0.1) is 0 Å². The van der Waals surface area contributed by atoms with Crippen LogP contribution in [0.15, 0.2) is 18.2 Å². The van der Waals surface area contributed by atoms with Crippen LogP contribution in [0.5, 0.6) is 0 Å². The summed E-state index contributed by atoms with van der Waals surface area (Å²) in [6.07, 6.45) is 0. The number of hydrogen-bond donors (Lipinski definition) is 1. The molecular formula is C10H15Cl2N. The Morgan fingerprint density at radius 3 is 2.23 bits per heavy atom. The predicted molar refractivity (Wildman–Crippen MR) is 60.7 cm³/mol. The molecule has 0 saturated heterocycles. The van der Waals surface area contributed by atoms with Gasteiger partial charge in [-0.25, -0.2) is 0 Å². The van der Waals surface area contributed by atoms with Gasteiger partial charge in [0.2, 0.25) is 0 Å². The molecule has 0 fully saturated rings. The monoisotopic (exact) mass is 219 g/mol. The van der Waals surface area contributed by atoms with Crippen molar-refractivity contribution in [3.05, 3.63) is 34.3 Å². The van der Waals surface area contributed by atoms with E-state index in [0.29, 0.717) is 0 Å². The van der Waals surface area contributed by atoms with Crippen molar-refractivity contribution in [3.63, 3.8) is 0 Å². The van der Waals surface area contributed by atoms with Crippen molar-refractivity contribution in [1.29, 1.82) is 0 Å². The molecule has 0 saturated carbocycles. The molecule has 0 aliphatic carbocycles. The third kappa shape index (κ3) is 2.87. The molecule has 0 amide bonds. The first-order valence-electron chi connectivity index (χ1n) is 3.97. The van der Waals surface area contributed by atoms with Gasteiger partial charge >= 0.3 is 0 Å². The standard InChI is InChI=1S/C10H14ClN.ClH/c1-7-5-4-6-8(9(7)11)10(2,3)12;/h4-6H,12H2,1-3H3;1H. The molecule has 0 aliphatic heterocycles. The molecule has 0 heterocycles. The largest absolute Gasteiger partial charge is 0.322 e. The lowest BCUT2D eigenvalue weighted by molar-refractivity contribution is 0.554. The van der Waals surface area contributed by atoms with Gasteiger partial charge in [0.15, 0.2) is 0 Å². The minimum absolute atomic E-state index is 0. The summed E-state index contributed by atoms with van der Waals surface area (Å²) in [4.78, 5) is 0. The van der Waals surface area contributed by atoms with Crippen molar-refractivity contribution in [2.75, 3.05) is 0 Å². The Labute approximate surface area is 90.7 Å². The molecule has 13 heavy (non-hydrogen) atoms. The summed E-state index contributed by atoms with van der Waals surface area (Å²) < 4.78 is 0. The van der Waals surface area contributed by atoms with E-state index < -0.39 is 0 Å². The van der Waals surface area contributed by atoms with Gasteiger partial charge in [0.1, 0.15) is 0 Å². The molecule has 0 unspecified atom stereocenters. The van der Waals surface area contributed by atoms with Crippen molar-refractivity contribution < 1.29 is 0 Å². The Balaban J connectivity index is 0.00000144. The Morgan fingerprint density at radius 1 is 1.31 bits per heavy atom. The lowest BCUT2D eigenvalue weighted by atomic mass is 9.94. The summed E-state index contributed by atoms with van der Waals surface area (Å²) in [5, 5.41) is 0.782. The van der Waals surface area contributed by atoms with Crippen LogP contribution in [0.4, 0.5) is 0 Å². The molecule has 0 aromatic heterocycles. The number of hydrogen-bond acceptors (Lipinski definition) is 1. The van der Waals surface area contributed by atoms with Crippen LogP contribution in [-0.4, -0.2) is 0 Å². The summed E-state index contributed by atoms with van der Waals surface area (Å²) in [6, 6.07) is 5.93. The molecule has 3 heteroatoms. The van der Waals surface area contributed by atoms with Gasteiger partial charge in [0.25, 0.3) is 0 Å². The second-order valence-electron chi connectivity index (χ2n) is 3.66. The summed E-state index contributed by atoms with van der Waals surface area (Å²) in [7, 11) is 0. The third-order valence-electron chi connectivity index (χ3n) is 1.89. The molecule has 1 aromatic carbocycles. The fourth-order valence-electron chi connectivity index (χ4n) is 1.15. The average molecular weight is 220 g/mol. The first kappa shape index (κ1) is 12.8. The molecule has 1 rings (SSSR count). The Hall–Kier alpha value is -0.240. The maximum Gasteiger partial charge on any atom is 0.0485 e. The highest BCUT2D eigenvalue weighted by Crippen LogP contribution is 2.27. The van der Waals surface area contributed by atoms with E-state index >= 15 is 0 Å². The van der Waals surface area contributed by atoms with E-state index in [2.05, 4.69) is 0 Å². The van der Waals surface area contributed by atoms with Crippen LogP contribution >= 0.6 is 24.0 Å². The van der Waals surface area contributed by atoms with E-state index in [-0.39, 0.29) is 17.9 Å². The number of nitrogens with two attached hydrogens (primary N) is 1. The smallest absolute Gasteiger partial charge is 0.0485 e. The second kappa shape index (κ2) is 4.32. The maximum absolute atomic E-state index is 6.10. The lowest BCUT2D eigenvalue weighted by Gasteiger charge is -2.21. The van der Waals surface area contributed by atoms with Crippen molar-refractivity contribution in [2.45, 2.75) is 26.3 Å². The van der Waals surface area contributed by atoms with Gasteiger partial charge < -0.3 is 5.73 Å². The van der Waals surface area contributed by atoms with Gasteiger partial charge in [-0.3, -0.25) is 0 Å². The topological polar surface area (TPSA) is 26.0 Å². The first-order chi connectivity index (χ1) is 5.43. The second-order valence-corrected chi connectivity index (χ2v) is 4.04. The average Bonchev–Trinajstić information content (AvgIpc) is 1.92. The highest BCUT2D eigenvalue weighted by molar-refractivity contribution is 6.32. The molecular weight excluding hydrogens is 205 g/mol. The number of aryl methyl sites for hydroxylation is 1. The highest BCUT2D eigenvalue weighted by atomic mass is 35.5. The molecule has 0 bridgehead atoms. The van der Waals surface area contributed by atoms with Gasteiger partial charge in [-0.1, -0.05) is 29.8 Å². The van der Waals surface area contributed by atoms with Crippen LogP contribution in [0.1, 0.15) is 25.0 Å². The SMILES string of the molecule is Cc1cccc(C(C)(C)N)c1Cl.Cl. The van der Waals surface area contributed by atoms with Gasteiger partial charge in [-0.05, 0) is 31.9 Å². The molecule has 2 N–H and O–H groups in total. The fourth-order valence-corrected chi connectivity index (χ4v) is 1.51. The fraction of sp³-hybridized carbons (Fsp3) is 0.400. The molecule has 1 nitrogen and oxygen atoms in total. The van der Waals surface area contributed by atoms with Crippen molar-refractivity contribution in [2.24, 2.45) is 5.73 Å². The number of benzene rings is 1. The van der Waals surface area contributed by atoms with Crippen LogP contribution in [0.25, 0.3) is 0 Å². The molecule has 0 atom stereocenters. The summed E-state index contributed by atoms with van der Waals surface area (Å²) in [5.41, 5.74) is 7.66. The summed E-state index contributed by atoms with van der Waals surface area (Å²) in [6.45, 7) is 5.89. The minimum Gasteiger partial charge on any atom is -0.322 e. The molecule has 1 aromatic rings. The minimum atomic E-state index is -0.358. The van der Waals surface area contributed by atoms with Crippen molar-refractivity contribution in [1.82, 2.24) is 0 Å². The first-order valence-corrected chi connectivity index (χ1v) is 4.35. The van der Waals surface area contributed by atoms with Crippen LogP contribution < -0.4 is 5.73 Å². The Bertz CT molecular complexity index is 289. The zero-order valence-electron chi connectivity index (χ0n) is 8.10. The zero-order chi connectivity index (χ0) is 9.35. The van der Waals surface area contributed by atoms with E-state index in [1.807, 2.05) is 39.0 Å². The number of halogens is 2. The third-order valence-corrected chi connectivity index (χ3v) is 2.39. The van der Waals surface area contributed by atoms with E-state index in [1.54, 1.807) is 0 Å². The predicted octanol–water partition coefficient (Wildman–Crippen LogP) is 3.26. The Morgan fingerprint density at radius 2 is 1.85 bits per heavy atom. The van der Waals surface area contributed by atoms with Crippen molar-refractivity contribution >= 4 is 24.0 Å². The van der Waals surface area contributed by atoms with E-state index in [9.17, 15) is 0 Å². The van der Waals surface area contributed by atoms with E-state index in [4.69, 9.17) is 17.3 Å². The quantitative estimate of drug-likeness (QED) is 0.772. The van der Waals surface area contributed by atoms with Gasteiger partial charge in [0, 0.05) is 10.6 Å².